The van der Waals surface area contributed by atoms with Gasteiger partial charge in [-0.2, -0.15) is 4.98 Å². The molecule has 7 heteroatoms. The first-order valence-electron chi connectivity index (χ1n) is 8.92. The highest BCUT2D eigenvalue weighted by molar-refractivity contribution is 14.0. The molecule has 0 radical (unpaired) electrons. The first kappa shape index (κ1) is 22.4. The van der Waals surface area contributed by atoms with Crippen LogP contribution in [0.1, 0.15) is 62.5 Å². The molecule has 0 spiro atoms. The van der Waals surface area contributed by atoms with Crippen molar-refractivity contribution in [1.82, 2.24) is 20.8 Å². The van der Waals surface area contributed by atoms with E-state index in [2.05, 4.69) is 63.9 Å². The van der Waals surface area contributed by atoms with Crippen molar-refractivity contribution in [3.05, 3.63) is 47.1 Å². The Bertz CT molecular complexity index is 681. The van der Waals surface area contributed by atoms with E-state index >= 15 is 0 Å². The standard InChI is InChI=1S/C19H29N5O.HI/c1-6-15-7-9-16(10-8-15)14(4)22-19(20-5)21-12-11-17-23-18(13(2)3)24-25-17;/h7-10,13-14H,6,11-12H2,1-5H3,(H2,20,21,22);1H. The molecule has 0 bridgehead atoms. The normalized spacial score (nSPS) is 12.6. The van der Waals surface area contributed by atoms with Crippen molar-refractivity contribution in [1.29, 1.82) is 0 Å². The van der Waals surface area contributed by atoms with Gasteiger partial charge in [0, 0.05) is 25.9 Å². The molecule has 6 nitrogen and oxygen atoms in total. The van der Waals surface area contributed by atoms with Gasteiger partial charge >= 0.3 is 0 Å². The zero-order valence-corrected chi connectivity index (χ0v) is 18.6. The zero-order valence-electron chi connectivity index (χ0n) is 16.2. The van der Waals surface area contributed by atoms with E-state index in [4.69, 9.17) is 4.52 Å². The van der Waals surface area contributed by atoms with E-state index in [1.165, 1.54) is 11.1 Å². The van der Waals surface area contributed by atoms with Gasteiger partial charge in [0.25, 0.3) is 0 Å². The van der Waals surface area contributed by atoms with Crippen molar-refractivity contribution in [2.75, 3.05) is 13.6 Å². The third kappa shape index (κ3) is 6.59. The van der Waals surface area contributed by atoms with Crippen molar-refractivity contribution < 1.29 is 4.52 Å². The number of hydrogen-bond acceptors (Lipinski definition) is 4. The molecule has 2 aromatic rings. The number of benzene rings is 1. The summed E-state index contributed by atoms with van der Waals surface area (Å²) in [6.45, 7) is 9.07. The number of aliphatic imine (C=N–C) groups is 1. The Hall–Kier alpha value is -1.64. The summed E-state index contributed by atoms with van der Waals surface area (Å²) < 4.78 is 5.25. The molecule has 0 fully saturated rings. The molecule has 1 heterocycles. The first-order valence-corrected chi connectivity index (χ1v) is 8.92. The molecular formula is C19H30IN5O. The van der Waals surface area contributed by atoms with Gasteiger partial charge in [-0.25, -0.2) is 0 Å². The molecular weight excluding hydrogens is 441 g/mol. The van der Waals surface area contributed by atoms with Crippen LogP contribution in [0.25, 0.3) is 0 Å². The van der Waals surface area contributed by atoms with Crippen LogP contribution in [0.4, 0.5) is 0 Å². The number of nitrogens with one attached hydrogen (secondary N) is 2. The van der Waals surface area contributed by atoms with Crippen LogP contribution in [0.5, 0.6) is 0 Å². The summed E-state index contributed by atoms with van der Waals surface area (Å²) in [5, 5.41) is 10.7. The van der Waals surface area contributed by atoms with Crippen LogP contribution in [-0.2, 0) is 12.8 Å². The number of hydrogen-bond donors (Lipinski definition) is 2. The average molecular weight is 471 g/mol. The van der Waals surface area contributed by atoms with Crippen molar-refractivity contribution in [3.63, 3.8) is 0 Å². The fraction of sp³-hybridized carbons (Fsp3) is 0.526. The van der Waals surface area contributed by atoms with Crippen LogP contribution in [0, 0.1) is 0 Å². The Morgan fingerprint density at radius 2 is 1.88 bits per heavy atom. The second kappa shape index (κ2) is 11.2. The Morgan fingerprint density at radius 1 is 1.19 bits per heavy atom. The molecule has 0 saturated carbocycles. The van der Waals surface area contributed by atoms with E-state index in [9.17, 15) is 0 Å². The van der Waals surface area contributed by atoms with Crippen LogP contribution in [0.3, 0.4) is 0 Å². The van der Waals surface area contributed by atoms with Gasteiger partial charge < -0.3 is 15.2 Å². The highest BCUT2D eigenvalue weighted by Gasteiger charge is 2.11. The van der Waals surface area contributed by atoms with Gasteiger partial charge in [-0.1, -0.05) is 50.2 Å². The zero-order chi connectivity index (χ0) is 18.2. The summed E-state index contributed by atoms with van der Waals surface area (Å²) in [6, 6.07) is 8.84. The molecule has 2 rings (SSSR count). The number of halogens is 1. The van der Waals surface area contributed by atoms with Gasteiger partial charge in [0.1, 0.15) is 0 Å². The maximum absolute atomic E-state index is 5.25. The van der Waals surface area contributed by atoms with Gasteiger partial charge in [-0.05, 0) is 24.5 Å². The first-order chi connectivity index (χ1) is 12.0. The lowest BCUT2D eigenvalue weighted by Gasteiger charge is -2.18. The summed E-state index contributed by atoms with van der Waals surface area (Å²) in [5.74, 6) is 2.44. The maximum atomic E-state index is 5.25. The highest BCUT2D eigenvalue weighted by Crippen LogP contribution is 2.13. The van der Waals surface area contributed by atoms with E-state index in [0.717, 1.165) is 18.2 Å². The van der Waals surface area contributed by atoms with E-state index < -0.39 is 0 Å². The SMILES string of the molecule is CCc1ccc(C(C)NC(=NC)NCCc2nc(C(C)C)no2)cc1.I. The third-order valence-electron chi connectivity index (χ3n) is 4.10. The second-order valence-corrected chi connectivity index (χ2v) is 6.41. The van der Waals surface area contributed by atoms with Gasteiger partial charge in [0.05, 0.1) is 6.04 Å². The lowest BCUT2D eigenvalue weighted by molar-refractivity contribution is 0.371. The van der Waals surface area contributed by atoms with Crippen LogP contribution >= 0.6 is 24.0 Å². The Kier molecular flexibility index (Phi) is 9.61. The van der Waals surface area contributed by atoms with Crippen molar-refractivity contribution in [2.45, 2.75) is 52.5 Å². The molecule has 0 amide bonds. The van der Waals surface area contributed by atoms with Crippen molar-refractivity contribution in [2.24, 2.45) is 4.99 Å². The minimum atomic E-state index is 0. The molecule has 1 aromatic carbocycles. The van der Waals surface area contributed by atoms with Crippen molar-refractivity contribution in [3.8, 4) is 0 Å². The fourth-order valence-corrected chi connectivity index (χ4v) is 2.42. The summed E-state index contributed by atoms with van der Waals surface area (Å²) in [6.07, 6.45) is 1.72. The van der Waals surface area contributed by atoms with Gasteiger partial charge in [0.2, 0.25) is 5.89 Å². The van der Waals surface area contributed by atoms with E-state index in [0.29, 0.717) is 18.9 Å². The predicted octanol–water partition coefficient (Wildman–Crippen LogP) is 3.84. The quantitative estimate of drug-likeness (QED) is 0.365. The minimum Gasteiger partial charge on any atom is -0.356 e. The van der Waals surface area contributed by atoms with Crippen LogP contribution in [0.15, 0.2) is 33.8 Å². The monoisotopic (exact) mass is 471 g/mol. The fourth-order valence-electron chi connectivity index (χ4n) is 2.42. The summed E-state index contributed by atoms with van der Waals surface area (Å²) in [5.41, 5.74) is 2.58. The third-order valence-corrected chi connectivity index (χ3v) is 4.10. The van der Waals surface area contributed by atoms with Gasteiger partial charge in [-0.3, -0.25) is 4.99 Å². The molecule has 0 aliphatic heterocycles. The van der Waals surface area contributed by atoms with Gasteiger partial charge in [-0.15, -0.1) is 24.0 Å². The maximum Gasteiger partial charge on any atom is 0.228 e. The Morgan fingerprint density at radius 3 is 2.42 bits per heavy atom. The van der Waals surface area contributed by atoms with E-state index in [1.54, 1.807) is 7.05 Å². The average Bonchev–Trinajstić information content (AvgIpc) is 3.10. The highest BCUT2D eigenvalue weighted by atomic mass is 127. The molecule has 0 aliphatic rings. The summed E-state index contributed by atoms with van der Waals surface area (Å²) in [7, 11) is 1.77. The predicted molar refractivity (Wildman–Crippen MR) is 116 cm³/mol. The summed E-state index contributed by atoms with van der Waals surface area (Å²) >= 11 is 0. The lowest BCUT2D eigenvalue weighted by atomic mass is 10.1. The topological polar surface area (TPSA) is 75.3 Å². The number of nitrogens with zero attached hydrogens (tertiary/aromatic N) is 3. The Labute approximate surface area is 173 Å². The summed E-state index contributed by atoms with van der Waals surface area (Å²) in [4.78, 5) is 8.66. The second-order valence-electron chi connectivity index (χ2n) is 6.41. The largest absolute Gasteiger partial charge is 0.356 e. The van der Waals surface area contributed by atoms with E-state index in [1.807, 2.05) is 13.8 Å². The number of rotatable bonds is 7. The molecule has 1 aromatic heterocycles. The Balaban J connectivity index is 0.00000338. The van der Waals surface area contributed by atoms with Crippen LogP contribution in [0.2, 0.25) is 0 Å². The molecule has 1 atom stereocenters. The number of aromatic nitrogens is 2. The molecule has 26 heavy (non-hydrogen) atoms. The minimum absolute atomic E-state index is 0. The van der Waals surface area contributed by atoms with Crippen LogP contribution in [-0.4, -0.2) is 29.7 Å². The van der Waals surface area contributed by atoms with Gasteiger partial charge in [0.15, 0.2) is 11.8 Å². The smallest absolute Gasteiger partial charge is 0.228 e. The van der Waals surface area contributed by atoms with Crippen molar-refractivity contribution >= 4 is 29.9 Å². The van der Waals surface area contributed by atoms with Crippen LogP contribution < -0.4 is 10.6 Å². The molecule has 0 aliphatic carbocycles. The molecule has 0 saturated heterocycles. The van der Waals surface area contributed by atoms with E-state index in [-0.39, 0.29) is 35.9 Å². The number of guanidine groups is 1. The molecule has 144 valence electrons. The number of aryl methyl sites for hydroxylation is 1. The molecule has 1 unspecified atom stereocenters. The molecule has 2 N–H and O–H groups in total. The lowest BCUT2D eigenvalue weighted by Crippen LogP contribution is -2.39.